The second-order valence-corrected chi connectivity index (χ2v) is 7.87. The molecule has 3 rings (SSSR count). The number of benzene rings is 3. The average molecular weight is 496 g/mol. The minimum atomic E-state index is -1.33. The molecule has 188 valence electrons. The highest BCUT2D eigenvalue weighted by Gasteiger charge is 2.23. The maximum Gasteiger partial charge on any atom is 0.347 e. The molecule has 0 aromatic heterocycles. The van der Waals surface area contributed by atoms with Gasteiger partial charge in [-0.3, -0.25) is 0 Å². The number of hydrogen-bond acceptors (Lipinski definition) is 9. The minimum absolute atomic E-state index is 0.0249. The van der Waals surface area contributed by atoms with Gasteiger partial charge in [-0.2, -0.15) is 0 Å². The van der Waals surface area contributed by atoms with Gasteiger partial charge in [0, 0.05) is 18.2 Å². The number of hydrogen-bond donors (Lipinski definition) is 3. The van der Waals surface area contributed by atoms with Crippen LogP contribution < -0.4 is 18.9 Å². The van der Waals surface area contributed by atoms with Crippen LogP contribution in [0.2, 0.25) is 0 Å². The first-order valence-corrected chi connectivity index (χ1v) is 10.5. The Morgan fingerprint density at radius 1 is 0.611 bits per heavy atom. The predicted octanol–water partition coefficient (Wildman–Crippen LogP) is 4.18. The number of esters is 2. The summed E-state index contributed by atoms with van der Waals surface area (Å²) < 4.78 is 21.1. The van der Waals surface area contributed by atoms with Crippen molar-refractivity contribution in [1.82, 2.24) is 0 Å². The zero-order valence-electron chi connectivity index (χ0n) is 20.2. The smallest absolute Gasteiger partial charge is 0.347 e. The fourth-order valence-corrected chi connectivity index (χ4v) is 3.71. The third kappa shape index (κ3) is 5.17. The van der Waals surface area contributed by atoms with E-state index in [9.17, 15) is 24.6 Å². The van der Waals surface area contributed by atoms with Crippen molar-refractivity contribution in [3.8, 4) is 34.5 Å². The molecular weight excluding hydrogens is 472 g/mol. The number of aromatic carboxylic acids is 1. The number of carbonyl (C=O) groups is 3. The zero-order valence-corrected chi connectivity index (χ0v) is 20.2. The van der Waals surface area contributed by atoms with Crippen molar-refractivity contribution in [2.24, 2.45) is 0 Å². The molecule has 0 saturated carbocycles. The van der Waals surface area contributed by atoms with E-state index in [4.69, 9.17) is 24.1 Å². The Morgan fingerprint density at radius 3 is 1.50 bits per heavy atom. The first-order chi connectivity index (χ1) is 17.0. The van der Waals surface area contributed by atoms with Gasteiger partial charge in [0.2, 0.25) is 0 Å². The molecule has 0 saturated heterocycles. The van der Waals surface area contributed by atoms with E-state index in [1.54, 1.807) is 13.0 Å². The Balaban J connectivity index is 1.86. The summed E-state index contributed by atoms with van der Waals surface area (Å²) in [6.07, 6.45) is 0. The van der Waals surface area contributed by atoms with Gasteiger partial charge in [-0.1, -0.05) is 0 Å². The van der Waals surface area contributed by atoms with Crippen LogP contribution in [0.3, 0.4) is 0 Å². The molecule has 0 spiro atoms. The lowest BCUT2D eigenvalue weighted by Gasteiger charge is -2.15. The van der Waals surface area contributed by atoms with E-state index in [2.05, 4.69) is 0 Å². The molecule has 0 fully saturated rings. The van der Waals surface area contributed by atoms with Crippen LogP contribution in [-0.4, -0.2) is 47.4 Å². The number of aromatic hydroxyl groups is 2. The lowest BCUT2D eigenvalue weighted by atomic mass is 10.1. The van der Waals surface area contributed by atoms with Crippen LogP contribution in [0.4, 0.5) is 0 Å². The highest BCUT2D eigenvalue weighted by atomic mass is 16.5. The summed E-state index contributed by atoms with van der Waals surface area (Å²) in [6, 6.07) is 7.89. The Bertz CT molecular complexity index is 1330. The monoisotopic (exact) mass is 496 g/mol. The van der Waals surface area contributed by atoms with E-state index < -0.39 is 29.4 Å². The first-order valence-electron chi connectivity index (χ1n) is 10.5. The third-order valence-corrected chi connectivity index (χ3v) is 5.35. The summed E-state index contributed by atoms with van der Waals surface area (Å²) in [5, 5.41) is 29.6. The SMILES string of the molecule is COc1cc(C)c(C(=O)Oc2cc(C)c(C(=O)Oc3cc(C)c(C(=O)O)c(O)c3)c(O)c2)c(OC)c1. The Kier molecular flexibility index (Phi) is 7.38. The van der Waals surface area contributed by atoms with E-state index in [1.165, 1.54) is 46.3 Å². The molecule has 0 aliphatic rings. The van der Waals surface area contributed by atoms with Crippen molar-refractivity contribution in [3.05, 3.63) is 69.8 Å². The summed E-state index contributed by atoms with van der Waals surface area (Å²) in [6.45, 7) is 4.63. The zero-order chi connectivity index (χ0) is 26.7. The van der Waals surface area contributed by atoms with Gasteiger partial charge in [-0.15, -0.1) is 0 Å². The second-order valence-electron chi connectivity index (χ2n) is 7.87. The molecule has 3 N–H and O–H groups in total. The number of carboxylic acid groups (broad SMARTS) is 1. The summed E-state index contributed by atoms with van der Waals surface area (Å²) in [7, 11) is 2.89. The topological polar surface area (TPSA) is 149 Å². The third-order valence-electron chi connectivity index (χ3n) is 5.35. The number of carboxylic acids is 1. The van der Waals surface area contributed by atoms with Gasteiger partial charge in [-0.25, -0.2) is 14.4 Å². The quantitative estimate of drug-likeness (QED) is 0.321. The van der Waals surface area contributed by atoms with Crippen molar-refractivity contribution in [3.63, 3.8) is 0 Å². The highest BCUT2D eigenvalue weighted by molar-refractivity contribution is 5.98. The van der Waals surface area contributed by atoms with E-state index in [1.807, 2.05) is 0 Å². The highest BCUT2D eigenvalue weighted by Crippen LogP contribution is 2.33. The van der Waals surface area contributed by atoms with Crippen molar-refractivity contribution >= 4 is 17.9 Å². The predicted molar refractivity (Wildman–Crippen MR) is 127 cm³/mol. The molecule has 10 nitrogen and oxygen atoms in total. The number of phenolic OH excluding ortho intramolecular Hbond substituents is 1. The van der Waals surface area contributed by atoms with E-state index >= 15 is 0 Å². The maximum atomic E-state index is 12.9. The van der Waals surface area contributed by atoms with Gasteiger partial charge in [0.25, 0.3) is 0 Å². The first kappa shape index (κ1) is 25.9. The summed E-state index contributed by atoms with van der Waals surface area (Å²) in [5.74, 6) is -3.52. The molecule has 0 atom stereocenters. The molecule has 10 heteroatoms. The molecule has 0 radical (unpaired) electrons. The molecular formula is C26H24O10. The normalized spacial score (nSPS) is 10.5. The summed E-state index contributed by atoms with van der Waals surface area (Å²) in [4.78, 5) is 36.8. The molecule has 3 aromatic carbocycles. The molecule has 3 aromatic rings. The largest absolute Gasteiger partial charge is 0.507 e. The number of ether oxygens (including phenoxy) is 4. The molecule has 0 amide bonds. The van der Waals surface area contributed by atoms with Gasteiger partial charge >= 0.3 is 17.9 Å². The second kappa shape index (κ2) is 10.3. The molecule has 0 aliphatic carbocycles. The van der Waals surface area contributed by atoms with Gasteiger partial charge in [0.15, 0.2) is 0 Å². The van der Waals surface area contributed by atoms with Crippen molar-refractivity contribution in [1.29, 1.82) is 0 Å². The van der Waals surface area contributed by atoms with Gasteiger partial charge in [0.05, 0.1) is 14.2 Å². The van der Waals surface area contributed by atoms with Crippen LogP contribution in [0.15, 0.2) is 36.4 Å². The molecule has 0 aliphatic heterocycles. The minimum Gasteiger partial charge on any atom is -0.507 e. The van der Waals surface area contributed by atoms with E-state index in [0.29, 0.717) is 11.3 Å². The Labute approximate surface area is 206 Å². The van der Waals surface area contributed by atoms with E-state index in [0.717, 1.165) is 12.1 Å². The number of aryl methyl sites for hydroxylation is 3. The van der Waals surface area contributed by atoms with Crippen molar-refractivity contribution < 1.29 is 48.7 Å². The fourth-order valence-electron chi connectivity index (χ4n) is 3.71. The molecule has 0 bridgehead atoms. The summed E-state index contributed by atoms with van der Waals surface area (Å²) in [5.41, 5.74) is 0.613. The van der Waals surface area contributed by atoms with Crippen LogP contribution in [0.25, 0.3) is 0 Å². The van der Waals surface area contributed by atoms with Gasteiger partial charge < -0.3 is 34.3 Å². The van der Waals surface area contributed by atoms with Crippen LogP contribution in [0, 0.1) is 20.8 Å². The van der Waals surface area contributed by atoms with Gasteiger partial charge in [0.1, 0.15) is 51.2 Å². The Morgan fingerprint density at radius 2 is 1.06 bits per heavy atom. The lowest BCUT2D eigenvalue weighted by Crippen LogP contribution is -2.14. The number of phenols is 2. The average Bonchev–Trinajstić information content (AvgIpc) is 2.76. The van der Waals surface area contributed by atoms with Crippen LogP contribution >= 0.6 is 0 Å². The van der Waals surface area contributed by atoms with Crippen molar-refractivity contribution in [2.75, 3.05) is 14.2 Å². The fraction of sp³-hybridized carbons (Fsp3) is 0.192. The van der Waals surface area contributed by atoms with Crippen LogP contribution in [0.5, 0.6) is 34.5 Å². The standard InChI is InChI=1S/C26H24O10/c1-12-7-16(9-18(27)21(12)24(29)30)35-25(31)22-13(2)8-17(10-19(22)28)36-26(32)23-14(3)6-15(33-4)11-20(23)34-5/h6-11,27-28H,1-5H3,(H,29,30). The van der Waals surface area contributed by atoms with Gasteiger partial charge in [-0.05, 0) is 55.7 Å². The molecule has 0 unspecified atom stereocenters. The molecule has 0 heterocycles. The lowest BCUT2D eigenvalue weighted by molar-refractivity contribution is 0.0689. The molecule has 36 heavy (non-hydrogen) atoms. The number of methoxy groups -OCH3 is 2. The van der Waals surface area contributed by atoms with Crippen molar-refractivity contribution in [2.45, 2.75) is 20.8 Å². The Hall–Kier alpha value is -4.73. The number of rotatable bonds is 7. The van der Waals surface area contributed by atoms with E-state index in [-0.39, 0.29) is 45.1 Å². The summed E-state index contributed by atoms with van der Waals surface area (Å²) >= 11 is 0. The van der Waals surface area contributed by atoms with Crippen LogP contribution in [0.1, 0.15) is 47.8 Å². The maximum absolute atomic E-state index is 12.9. The number of carbonyl (C=O) groups excluding carboxylic acids is 2. The van der Waals surface area contributed by atoms with Crippen LogP contribution in [-0.2, 0) is 0 Å².